The van der Waals surface area contributed by atoms with Gasteiger partial charge in [0.15, 0.2) is 0 Å². The lowest BCUT2D eigenvalue weighted by atomic mass is 10.2. The zero-order chi connectivity index (χ0) is 14.5. The van der Waals surface area contributed by atoms with Gasteiger partial charge >= 0.3 is 0 Å². The summed E-state index contributed by atoms with van der Waals surface area (Å²) in [5.74, 6) is 0.486. The Kier molecular flexibility index (Phi) is 4.79. The van der Waals surface area contributed by atoms with Gasteiger partial charge in [-0.05, 0) is 6.07 Å². The van der Waals surface area contributed by atoms with Crippen molar-refractivity contribution < 1.29 is 14.0 Å². The Hall–Kier alpha value is -1.82. The highest BCUT2D eigenvalue weighted by atomic mass is 16.3. The number of carbonyl (C=O) groups is 2. The molecule has 0 unspecified atom stereocenters. The second-order valence-electron chi connectivity index (χ2n) is 4.90. The zero-order valence-electron chi connectivity index (χ0n) is 12.0. The van der Waals surface area contributed by atoms with Gasteiger partial charge in [0.25, 0.3) is 5.91 Å². The highest BCUT2D eigenvalue weighted by Gasteiger charge is 2.22. The third kappa shape index (κ3) is 3.19. The lowest BCUT2D eigenvalue weighted by molar-refractivity contribution is -0.132. The Balaban J connectivity index is 1.95. The van der Waals surface area contributed by atoms with Crippen LogP contribution in [0.2, 0.25) is 0 Å². The van der Waals surface area contributed by atoms with Crippen molar-refractivity contribution in [3.63, 3.8) is 0 Å². The number of rotatable bonds is 4. The van der Waals surface area contributed by atoms with E-state index in [0.717, 1.165) is 13.1 Å². The van der Waals surface area contributed by atoms with E-state index in [-0.39, 0.29) is 18.4 Å². The van der Waals surface area contributed by atoms with Crippen LogP contribution in [0.1, 0.15) is 23.0 Å². The summed E-state index contributed by atoms with van der Waals surface area (Å²) in [5.41, 5.74) is 0.545. The predicted molar refractivity (Wildman–Crippen MR) is 74.5 cm³/mol. The van der Waals surface area contributed by atoms with Crippen LogP contribution in [0.5, 0.6) is 0 Å². The van der Waals surface area contributed by atoms with E-state index in [9.17, 15) is 9.59 Å². The Morgan fingerprint density at radius 1 is 1.40 bits per heavy atom. The van der Waals surface area contributed by atoms with Crippen LogP contribution in [-0.2, 0) is 11.2 Å². The molecule has 0 saturated carbocycles. The number of amides is 2. The van der Waals surface area contributed by atoms with Crippen molar-refractivity contribution in [1.29, 1.82) is 0 Å². The third-order valence-electron chi connectivity index (χ3n) is 3.49. The average molecular weight is 279 g/mol. The molecule has 2 amide bonds. The highest BCUT2D eigenvalue weighted by Crippen LogP contribution is 2.13. The van der Waals surface area contributed by atoms with Crippen molar-refractivity contribution in [2.24, 2.45) is 0 Å². The fourth-order valence-corrected chi connectivity index (χ4v) is 2.30. The third-order valence-corrected chi connectivity index (χ3v) is 3.49. The maximum atomic E-state index is 12.3. The summed E-state index contributed by atoms with van der Waals surface area (Å²) < 4.78 is 5.26. The zero-order valence-corrected chi connectivity index (χ0v) is 12.0. The van der Waals surface area contributed by atoms with E-state index in [0.29, 0.717) is 30.8 Å². The average Bonchev–Trinajstić information content (AvgIpc) is 2.95. The van der Waals surface area contributed by atoms with Crippen LogP contribution in [0.4, 0.5) is 0 Å². The maximum Gasteiger partial charge on any atom is 0.257 e. The second kappa shape index (κ2) is 6.56. The van der Waals surface area contributed by atoms with Crippen molar-refractivity contribution in [1.82, 2.24) is 15.1 Å². The summed E-state index contributed by atoms with van der Waals surface area (Å²) in [5, 5.41) is 3.20. The Bertz CT molecular complexity index is 478. The van der Waals surface area contributed by atoms with E-state index in [4.69, 9.17) is 4.42 Å². The molecular formula is C14H21N3O3. The number of hydrogen-bond acceptors (Lipinski definition) is 4. The standard InChI is InChI=1S/C14H21N3O3/c1-3-12-11(4-9-20-12)14(19)16(2)10-13(18)17-7-5-15-6-8-17/h4,9,15H,3,5-8,10H2,1-2H3. The molecule has 2 rings (SSSR count). The van der Waals surface area contributed by atoms with Gasteiger partial charge in [-0.2, -0.15) is 0 Å². The minimum atomic E-state index is -0.168. The summed E-state index contributed by atoms with van der Waals surface area (Å²) in [4.78, 5) is 27.6. The smallest absolute Gasteiger partial charge is 0.257 e. The summed E-state index contributed by atoms with van der Waals surface area (Å²) in [6.07, 6.45) is 2.17. The number of nitrogens with one attached hydrogen (secondary N) is 1. The summed E-state index contributed by atoms with van der Waals surface area (Å²) >= 11 is 0. The fraction of sp³-hybridized carbons (Fsp3) is 0.571. The van der Waals surface area contributed by atoms with Crippen LogP contribution >= 0.6 is 0 Å². The molecule has 1 aliphatic rings. The molecule has 0 aromatic carbocycles. The molecule has 0 bridgehead atoms. The molecule has 0 spiro atoms. The van der Waals surface area contributed by atoms with Crippen LogP contribution in [0.3, 0.4) is 0 Å². The van der Waals surface area contributed by atoms with Gasteiger partial charge in [0, 0.05) is 39.6 Å². The van der Waals surface area contributed by atoms with Gasteiger partial charge in [-0.1, -0.05) is 6.92 Å². The molecule has 0 aliphatic carbocycles. The van der Waals surface area contributed by atoms with Crippen LogP contribution in [-0.4, -0.2) is 61.4 Å². The van der Waals surface area contributed by atoms with Crippen molar-refractivity contribution in [3.8, 4) is 0 Å². The first-order chi connectivity index (χ1) is 9.63. The molecule has 0 atom stereocenters. The Morgan fingerprint density at radius 3 is 2.75 bits per heavy atom. The summed E-state index contributed by atoms with van der Waals surface area (Å²) in [7, 11) is 1.65. The largest absolute Gasteiger partial charge is 0.469 e. The van der Waals surface area contributed by atoms with E-state index in [2.05, 4.69) is 5.32 Å². The first kappa shape index (κ1) is 14.6. The molecule has 1 aliphatic heterocycles. The molecule has 1 aromatic heterocycles. The van der Waals surface area contributed by atoms with E-state index in [1.807, 2.05) is 6.92 Å². The molecule has 1 saturated heterocycles. The fourth-order valence-electron chi connectivity index (χ4n) is 2.30. The first-order valence-corrected chi connectivity index (χ1v) is 6.93. The van der Waals surface area contributed by atoms with Gasteiger partial charge in [0.05, 0.1) is 18.4 Å². The number of aryl methyl sites for hydroxylation is 1. The Morgan fingerprint density at radius 2 is 2.10 bits per heavy atom. The monoisotopic (exact) mass is 279 g/mol. The molecule has 6 nitrogen and oxygen atoms in total. The SMILES string of the molecule is CCc1occc1C(=O)N(C)CC(=O)N1CCNCC1. The van der Waals surface area contributed by atoms with Gasteiger partial charge in [-0.3, -0.25) is 9.59 Å². The number of nitrogens with zero attached hydrogens (tertiary/aromatic N) is 2. The predicted octanol–water partition coefficient (Wildman–Crippen LogP) is 0.346. The van der Waals surface area contributed by atoms with Crippen molar-refractivity contribution in [2.75, 3.05) is 39.8 Å². The highest BCUT2D eigenvalue weighted by molar-refractivity contribution is 5.97. The summed E-state index contributed by atoms with van der Waals surface area (Å²) in [6.45, 7) is 5.06. The minimum Gasteiger partial charge on any atom is -0.469 e. The van der Waals surface area contributed by atoms with E-state index in [1.54, 1.807) is 18.0 Å². The van der Waals surface area contributed by atoms with Gasteiger partial charge in [0.2, 0.25) is 5.91 Å². The molecule has 0 radical (unpaired) electrons. The number of furan rings is 1. The molecule has 20 heavy (non-hydrogen) atoms. The van der Waals surface area contributed by atoms with E-state index < -0.39 is 0 Å². The topological polar surface area (TPSA) is 65.8 Å². The van der Waals surface area contributed by atoms with Crippen LogP contribution in [0, 0.1) is 0 Å². The molecule has 1 aromatic rings. The molecule has 110 valence electrons. The lowest BCUT2D eigenvalue weighted by Crippen LogP contribution is -2.49. The minimum absolute atomic E-state index is 0.0103. The number of piperazine rings is 1. The van der Waals surface area contributed by atoms with Gasteiger partial charge in [-0.25, -0.2) is 0 Å². The molecule has 1 fully saturated rings. The van der Waals surface area contributed by atoms with Crippen LogP contribution < -0.4 is 5.32 Å². The van der Waals surface area contributed by atoms with E-state index >= 15 is 0 Å². The van der Waals surface area contributed by atoms with Gasteiger partial charge < -0.3 is 19.5 Å². The van der Waals surface area contributed by atoms with Crippen LogP contribution in [0.15, 0.2) is 16.7 Å². The molecule has 2 heterocycles. The second-order valence-corrected chi connectivity index (χ2v) is 4.90. The normalized spacial score (nSPS) is 15.2. The van der Waals surface area contributed by atoms with Crippen molar-refractivity contribution >= 4 is 11.8 Å². The van der Waals surface area contributed by atoms with Crippen LogP contribution in [0.25, 0.3) is 0 Å². The number of hydrogen-bond donors (Lipinski definition) is 1. The first-order valence-electron chi connectivity index (χ1n) is 6.93. The molecular weight excluding hydrogens is 258 g/mol. The van der Waals surface area contributed by atoms with Gasteiger partial charge in [-0.15, -0.1) is 0 Å². The maximum absolute atomic E-state index is 12.3. The quantitative estimate of drug-likeness (QED) is 0.863. The summed E-state index contributed by atoms with van der Waals surface area (Å²) in [6, 6.07) is 1.66. The Labute approximate surface area is 118 Å². The number of likely N-dealkylation sites (N-methyl/N-ethyl adjacent to an activating group) is 1. The van der Waals surface area contributed by atoms with Gasteiger partial charge in [0.1, 0.15) is 5.76 Å². The van der Waals surface area contributed by atoms with Crippen molar-refractivity contribution in [2.45, 2.75) is 13.3 Å². The van der Waals surface area contributed by atoms with E-state index in [1.165, 1.54) is 11.2 Å². The molecule has 6 heteroatoms. The molecule has 1 N–H and O–H groups in total. The number of carbonyl (C=O) groups excluding carboxylic acids is 2. The lowest BCUT2D eigenvalue weighted by Gasteiger charge is -2.29. The van der Waals surface area contributed by atoms with Crippen molar-refractivity contribution in [3.05, 3.63) is 23.7 Å².